The highest BCUT2D eigenvalue weighted by molar-refractivity contribution is 7.17. The van der Waals surface area contributed by atoms with Gasteiger partial charge < -0.3 is 4.90 Å². The second-order valence-corrected chi connectivity index (χ2v) is 7.82. The highest BCUT2D eigenvalue weighted by Gasteiger charge is 2.24. The van der Waals surface area contributed by atoms with Gasteiger partial charge in [-0.3, -0.25) is 4.79 Å². The quantitative estimate of drug-likeness (QED) is 0.735. The van der Waals surface area contributed by atoms with Crippen LogP contribution in [0.2, 0.25) is 5.02 Å². The van der Waals surface area contributed by atoms with E-state index in [4.69, 9.17) is 11.6 Å². The highest BCUT2D eigenvalue weighted by atomic mass is 35.5. The molecule has 23 heavy (non-hydrogen) atoms. The van der Waals surface area contributed by atoms with E-state index < -0.39 is 0 Å². The van der Waals surface area contributed by atoms with Crippen molar-refractivity contribution in [2.45, 2.75) is 40.7 Å². The van der Waals surface area contributed by atoms with Gasteiger partial charge >= 0.3 is 0 Å². The molecule has 0 bridgehead atoms. The molecule has 1 aromatic heterocycles. The summed E-state index contributed by atoms with van der Waals surface area (Å²) in [4.78, 5) is 20.1. The maximum atomic E-state index is 12.9. The lowest BCUT2D eigenvalue weighted by Crippen LogP contribution is -2.39. The third kappa shape index (κ3) is 4.33. The second kappa shape index (κ2) is 7.45. The van der Waals surface area contributed by atoms with Gasteiger partial charge in [-0.2, -0.15) is 0 Å². The number of carbonyl (C=O) groups excluding carboxylic acids is 1. The van der Waals surface area contributed by atoms with Crippen molar-refractivity contribution in [1.82, 2.24) is 9.88 Å². The van der Waals surface area contributed by atoms with Gasteiger partial charge in [0.05, 0.1) is 5.69 Å². The molecule has 1 amide bonds. The van der Waals surface area contributed by atoms with Crippen LogP contribution in [0, 0.1) is 12.8 Å². The van der Waals surface area contributed by atoms with Crippen LogP contribution in [0.25, 0.3) is 10.6 Å². The van der Waals surface area contributed by atoms with Gasteiger partial charge in [0, 0.05) is 23.2 Å². The summed E-state index contributed by atoms with van der Waals surface area (Å²) >= 11 is 7.50. The summed E-state index contributed by atoms with van der Waals surface area (Å²) in [5.41, 5.74) is 1.73. The Hall–Kier alpha value is -1.39. The van der Waals surface area contributed by atoms with Crippen LogP contribution in [0.15, 0.2) is 24.3 Å². The maximum absolute atomic E-state index is 12.9. The maximum Gasteiger partial charge on any atom is 0.266 e. The molecule has 1 aromatic carbocycles. The van der Waals surface area contributed by atoms with E-state index in [0.717, 1.165) is 22.8 Å². The third-order valence-electron chi connectivity index (χ3n) is 3.51. The number of nitrogens with zero attached hydrogens (tertiary/aromatic N) is 2. The van der Waals surface area contributed by atoms with Crippen LogP contribution in [-0.2, 0) is 0 Å². The Labute approximate surface area is 147 Å². The van der Waals surface area contributed by atoms with E-state index in [1.54, 1.807) is 0 Å². The van der Waals surface area contributed by atoms with Gasteiger partial charge in [0.1, 0.15) is 9.88 Å². The molecule has 0 aliphatic carbocycles. The predicted molar refractivity (Wildman–Crippen MR) is 98.3 cm³/mol. The standard InChI is InChI=1S/C18H23ClN2OS/c1-11(2)10-21(12(3)4)18(22)16-13(5)20-17(23-16)14-7-6-8-15(19)9-14/h6-9,11-12H,10H2,1-5H3. The number of amides is 1. The molecule has 0 atom stereocenters. The van der Waals surface area contributed by atoms with Gasteiger partial charge in [0.25, 0.3) is 5.91 Å². The van der Waals surface area contributed by atoms with Crippen molar-refractivity contribution in [2.24, 2.45) is 5.92 Å². The summed E-state index contributed by atoms with van der Waals surface area (Å²) in [6, 6.07) is 7.74. The number of thiazole rings is 1. The topological polar surface area (TPSA) is 33.2 Å². The normalized spacial score (nSPS) is 11.3. The van der Waals surface area contributed by atoms with Gasteiger partial charge in [0.2, 0.25) is 0 Å². The van der Waals surface area contributed by atoms with Gasteiger partial charge in [-0.25, -0.2) is 4.98 Å². The van der Waals surface area contributed by atoms with E-state index in [0.29, 0.717) is 15.8 Å². The Morgan fingerprint density at radius 3 is 2.57 bits per heavy atom. The van der Waals surface area contributed by atoms with Crippen LogP contribution < -0.4 is 0 Å². The van der Waals surface area contributed by atoms with E-state index in [2.05, 4.69) is 32.7 Å². The first-order valence-corrected chi connectivity index (χ1v) is 9.03. The minimum Gasteiger partial charge on any atom is -0.335 e. The molecule has 0 spiro atoms. The van der Waals surface area contributed by atoms with Crippen molar-refractivity contribution < 1.29 is 4.79 Å². The molecule has 0 aliphatic heterocycles. The molecular weight excluding hydrogens is 328 g/mol. The van der Waals surface area contributed by atoms with Crippen LogP contribution in [0.1, 0.15) is 43.1 Å². The minimum absolute atomic E-state index is 0.0666. The number of carbonyl (C=O) groups is 1. The molecule has 0 saturated heterocycles. The number of hydrogen-bond donors (Lipinski definition) is 0. The van der Waals surface area contributed by atoms with Crippen LogP contribution in [0.4, 0.5) is 0 Å². The first-order chi connectivity index (χ1) is 10.8. The van der Waals surface area contributed by atoms with Gasteiger partial charge in [0.15, 0.2) is 0 Å². The van der Waals surface area contributed by atoms with Crippen molar-refractivity contribution in [3.63, 3.8) is 0 Å². The molecule has 0 saturated carbocycles. The van der Waals surface area contributed by atoms with Gasteiger partial charge in [-0.1, -0.05) is 37.6 Å². The Kier molecular flexibility index (Phi) is 5.82. The lowest BCUT2D eigenvalue weighted by molar-refractivity contribution is 0.0686. The fourth-order valence-electron chi connectivity index (χ4n) is 2.39. The first-order valence-electron chi connectivity index (χ1n) is 7.84. The number of halogens is 1. The molecular formula is C18H23ClN2OS. The van der Waals surface area contributed by atoms with E-state index in [-0.39, 0.29) is 11.9 Å². The molecule has 3 nitrogen and oxygen atoms in total. The zero-order valence-corrected chi connectivity index (χ0v) is 15.8. The van der Waals surface area contributed by atoms with E-state index >= 15 is 0 Å². The number of hydrogen-bond acceptors (Lipinski definition) is 3. The smallest absolute Gasteiger partial charge is 0.266 e. The fraction of sp³-hybridized carbons (Fsp3) is 0.444. The summed E-state index contributed by atoms with van der Waals surface area (Å²) in [6.07, 6.45) is 0. The van der Waals surface area contributed by atoms with E-state index in [1.165, 1.54) is 11.3 Å². The summed E-state index contributed by atoms with van der Waals surface area (Å²) in [5, 5.41) is 1.51. The first kappa shape index (κ1) is 18.0. The summed E-state index contributed by atoms with van der Waals surface area (Å²) in [7, 11) is 0. The van der Waals surface area contributed by atoms with Crippen molar-refractivity contribution in [2.75, 3.05) is 6.54 Å². The Morgan fingerprint density at radius 1 is 1.30 bits per heavy atom. The number of rotatable bonds is 5. The molecule has 5 heteroatoms. The summed E-state index contributed by atoms with van der Waals surface area (Å²) in [6.45, 7) is 11.0. The zero-order chi connectivity index (χ0) is 17.1. The van der Waals surface area contributed by atoms with Crippen LogP contribution >= 0.6 is 22.9 Å². The van der Waals surface area contributed by atoms with Gasteiger partial charge in [-0.15, -0.1) is 11.3 Å². The molecule has 0 aliphatic rings. The molecule has 0 radical (unpaired) electrons. The van der Waals surface area contributed by atoms with E-state index in [1.807, 2.05) is 36.1 Å². The number of aryl methyl sites for hydroxylation is 1. The molecule has 2 aromatic rings. The van der Waals surface area contributed by atoms with Crippen molar-refractivity contribution >= 4 is 28.8 Å². The average Bonchev–Trinajstić information content (AvgIpc) is 2.85. The Balaban J connectivity index is 2.34. The molecule has 0 N–H and O–H groups in total. The van der Waals surface area contributed by atoms with Gasteiger partial charge in [-0.05, 0) is 38.8 Å². The van der Waals surface area contributed by atoms with Crippen LogP contribution in [0.3, 0.4) is 0 Å². The monoisotopic (exact) mass is 350 g/mol. The molecule has 124 valence electrons. The highest BCUT2D eigenvalue weighted by Crippen LogP contribution is 2.30. The number of aromatic nitrogens is 1. The minimum atomic E-state index is 0.0666. The summed E-state index contributed by atoms with van der Waals surface area (Å²) < 4.78 is 0. The van der Waals surface area contributed by atoms with Crippen LogP contribution in [-0.4, -0.2) is 28.4 Å². The average molecular weight is 351 g/mol. The fourth-order valence-corrected chi connectivity index (χ4v) is 3.60. The predicted octanol–water partition coefficient (Wildman–Crippen LogP) is 5.28. The molecule has 1 heterocycles. The summed E-state index contributed by atoms with van der Waals surface area (Å²) in [5.74, 6) is 0.499. The Bertz CT molecular complexity index is 694. The van der Waals surface area contributed by atoms with Crippen molar-refractivity contribution in [3.8, 4) is 10.6 Å². The number of benzene rings is 1. The largest absolute Gasteiger partial charge is 0.335 e. The second-order valence-electron chi connectivity index (χ2n) is 6.39. The molecule has 0 fully saturated rings. The SMILES string of the molecule is Cc1nc(-c2cccc(Cl)c2)sc1C(=O)N(CC(C)C)C(C)C. The molecule has 2 rings (SSSR count). The van der Waals surface area contributed by atoms with E-state index in [9.17, 15) is 4.79 Å². The third-order valence-corrected chi connectivity index (χ3v) is 4.94. The lowest BCUT2D eigenvalue weighted by atomic mass is 10.1. The van der Waals surface area contributed by atoms with Crippen molar-refractivity contribution in [1.29, 1.82) is 0 Å². The lowest BCUT2D eigenvalue weighted by Gasteiger charge is -2.28. The van der Waals surface area contributed by atoms with Crippen molar-refractivity contribution in [3.05, 3.63) is 39.9 Å². The zero-order valence-electron chi connectivity index (χ0n) is 14.3. The molecule has 0 unspecified atom stereocenters. The van der Waals surface area contributed by atoms with Crippen LogP contribution in [0.5, 0.6) is 0 Å². The Morgan fingerprint density at radius 2 is 2.00 bits per heavy atom.